The molecule has 0 aliphatic rings. The number of rotatable bonds is 1. The van der Waals surface area contributed by atoms with Gasteiger partial charge in [-0.25, -0.2) is 4.79 Å². The topological polar surface area (TPSA) is 57.5 Å². The van der Waals surface area contributed by atoms with Crippen LogP contribution in [0.2, 0.25) is 0 Å². The summed E-state index contributed by atoms with van der Waals surface area (Å²) in [4.78, 5) is 10.2. The summed E-state index contributed by atoms with van der Waals surface area (Å²) in [7, 11) is 0. The molecule has 53 valence electrons. The summed E-state index contributed by atoms with van der Waals surface area (Å²) in [5, 5.41) is 17.2. The first-order valence-electron chi connectivity index (χ1n) is 2.72. The fourth-order valence-corrected chi connectivity index (χ4v) is 0.639. The standard InChI is InChI=1S/C7H6O3.Na/c8-6-3-1-2-5(4-6)7(9)10;/h1-4,8H,(H,9,10);. The normalized spacial score (nSPS) is 8.36. The molecule has 1 aromatic rings. The Balaban J connectivity index is 0.000001000. The van der Waals surface area contributed by atoms with Crippen LogP contribution >= 0.6 is 0 Å². The maximum Gasteiger partial charge on any atom is 0.335 e. The van der Waals surface area contributed by atoms with Gasteiger partial charge in [0.1, 0.15) is 5.75 Å². The SMILES string of the molecule is O=C(O)c1cccc(O)c1.[Na]. The number of phenols is 1. The fourth-order valence-electron chi connectivity index (χ4n) is 0.639. The van der Waals surface area contributed by atoms with Gasteiger partial charge in [-0.15, -0.1) is 0 Å². The molecule has 4 heteroatoms. The van der Waals surface area contributed by atoms with Crippen LogP contribution in [0.1, 0.15) is 10.4 Å². The number of aromatic hydroxyl groups is 1. The Kier molecular flexibility index (Phi) is 4.18. The second-order valence-electron chi connectivity index (χ2n) is 1.86. The molecule has 0 amide bonds. The molecule has 0 aliphatic carbocycles. The molecule has 3 nitrogen and oxygen atoms in total. The van der Waals surface area contributed by atoms with Gasteiger partial charge in [0.05, 0.1) is 5.56 Å². The van der Waals surface area contributed by atoms with E-state index < -0.39 is 5.97 Å². The quantitative estimate of drug-likeness (QED) is 0.596. The van der Waals surface area contributed by atoms with Gasteiger partial charge in [0, 0.05) is 29.6 Å². The summed E-state index contributed by atoms with van der Waals surface area (Å²) in [5.41, 5.74) is 0.0972. The first-order valence-corrected chi connectivity index (χ1v) is 2.72. The van der Waals surface area contributed by atoms with Crippen LogP contribution in [0, 0.1) is 0 Å². The molecule has 0 aromatic heterocycles. The van der Waals surface area contributed by atoms with Gasteiger partial charge in [-0.1, -0.05) is 6.07 Å². The molecule has 0 saturated heterocycles. The van der Waals surface area contributed by atoms with E-state index >= 15 is 0 Å². The first-order chi connectivity index (χ1) is 4.70. The van der Waals surface area contributed by atoms with Gasteiger partial charge in [-0.2, -0.15) is 0 Å². The number of carbonyl (C=O) groups is 1. The smallest absolute Gasteiger partial charge is 0.335 e. The van der Waals surface area contributed by atoms with Gasteiger partial charge >= 0.3 is 5.97 Å². The fraction of sp³-hybridized carbons (Fsp3) is 0. The van der Waals surface area contributed by atoms with Crippen LogP contribution in [0.5, 0.6) is 5.75 Å². The minimum absolute atomic E-state index is 0. The Morgan fingerprint density at radius 2 is 2.00 bits per heavy atom. The minimum atomic E-state index is -1.03. The third kappa shape index (κ3) is 2.93. The number of carboxylic acids is 1. The van der Waals surface area contributed by atoms with Crippen molar-refractivity contribution in [2.24, 2.45) is 0 Å². The molecule has 0 atom stereocenters. The van der Waals surface area contributed by atoms with Gasteiger partial charge < -0.3 is 10.2 Å². The molecule has 1 rings (SSSR count). The van der Waals surface area contributed by atoms with Gasteiger partial charge in [-0.05, 0) is 18.2 Å². The van der Waals surface area contributed by atoms with Crippen LogP contribution in [-0.2, 0) is 0 Å². The van der Waals surface area contributed by atoms with Crippen LogP contribution in [0.25, 0.3) is 0 Å². The van der Waals surface area contributed by atoms with Gasteiger partial charge in [0.25, 0.3) is 0 Å². The van der Waals surface area contributed by atoms with E-state index in [1.807, 2.05) is 0 Å². The second kappa shape index (κ2) is 4.38. The Hall–Kier alpha value is -0.510. The third-order valence-corrected chi connectivity index (χ3v) is 1.09. The zero-order valence-corrected chi connectivity index (χ0v) is 8.11. The summed E-state index contributed by atoms with van der Waals surface area (Å²) in [6, 6.07) is 5.52. The van der Waals surface area contributed by atoms with Crippen LogP contribution < -0.4 is 0 Å². The Labute approximate surface area is 86.0 Å². The second-order valence-corrected chi connectivity index (χ2v) is 1.86. The van der Waals surface area contributed by atoms with Gasteiger partial charge in [-0.3, -0.25) is 0 Å². The Morgan fingerprint density at radius 3 is 2.36 bits per heavy atom. The molecule has 1 radical (unpaired) electrons. The molecule has 1 aromatic carbocycles. The van der Waals surface area contributed by atoms with Crippen molar-refractivity contribution in [2.45, 2.75) is 0 Å². The summed E-state index contributed by atoms with van der Waals surface area (Å²) in [6.07, 6.45) is 0. The number of benzene rings is 1. The van der Waals surface area contributed by atoms with Crippen LogP contribution in [0.15, 0.2) is 24.3 Å². The van der Waals surface area contributed by atoms with Crippen molar-refractivity contribution in [2.75, 3.05) is 0 Å². The van der Waals surface area contributed by atoms with Gasteiger partial charge in [0.15, 0.2) is 0 Å². The average molecular weight is 161 g/mol. The third-order valence-electron chi connectivity index (χ3n) is 1.09. The largest absolute Gasteiger partial charge is 0.508 e. The summed E-state index contributed by atoms with van der Waals surface area (Å²) >= 11 is 0. The van der Waals surface area contributed by atoms with Crippen molar-refractivity contribution in [3.05, 3.63) is 29.8 Å². The van der Waals surface area contributed by atoms with Crippen LogP contribution in [-0.4, -0.2) is 45.7 Å². The van der Waals surface area contributed by atoms with Crippen LogP contribution in [0.3, 0.4) is 0 Å². The molecule has 0 aliphatic heterocycles. The van der Waals surface area contributed by atoms with E-state index in [-0.39, 0.29) is 40.9 Å². The first kappa shape index (κ1) is 10.5. The number of carboxylic acid groups (broad SMARTS) is 1. The molecule has 0 fully saturated rings. The molecule has 0 bridgehead atoms. The minimum Gasteiger partial charge on any atom is -0.508 e. The summed E-state index contributed by atoms with van der Waals surface area (Å²) in [5.74, 6) is -1.06. The predicted octanol–water partition coefficient (Wildman–Crippen LogP) is 0.710. The number of aromatic carboxylic acids is 1. The predicted molar refractivity (Wildman–Crippen MR) is 40.8 cm³/mol. The maximum absolute atomic E-state index is 10.2. The van der Waals surface area contributed by atoms with E-state index in [2.05, 4.69) is 0 Å². The van der Waals surface area contributed by atoms with E-state index in [0.717, 1.165) is 0 Å². The molecule has 0 saturated carbocycles. The molecule has 0 unspecified atom stereocenters. The van der Waals surface area contributed by atoms with Gasteiger partial charge in [0.2, 0.25) is 0 Å². The Morgan fingerprint density at radius 1 is 1.36 bits per heavy atom. The molecular formula is C7H6NaO3. The summed E-state index contributed by atoms with van der Waals surface area (Å²) < 4.78 is 0. The van der Waals surface area contributed by atoms with E-state index in [9.17, 15) is 4.79 Å². The van der Waals surface area contributed by atoms with Crippen molar-refractivity contribution in [3.63, 3.8) is 0 Å². The average Bonchev–Trinajstić information content (AvgIpc) is 1.88. The molecule has 11 heavy (non-hydrogen) atoms. The van der Waals surface area contributed by atoms with Crippen molar-refractivity contribution < 1.29 is 15.0 Å². The van der Waals surface area contributed by atoms with Crippen molar-refractivity contribution in [1.82, 2.24) is 0 Å². The number of phenolic OH excluding ortho intramolecular Hbond substituents is 1. The van der Waals surface area contributed by atoms with Crippen LogP contribution in [0.4, 0.5) is 0 Å². The van der Waals surface area contributed by atoms with E-state index in [0.29, 0.717) is 0 Å². The monoisotopic (exact) mass is 161 g/mol. The van der Waals surface area contributed by atoms with Crippen molar-refractivity contribution in [1.29, 1.82) is 0 Å². The number of hydrogen-bond donors (Lipinski definition) is 2. The maximum atomic E-state index is 10.2. The molecule has 0 spiro atoms. The number of hydrogen-bond acceptors (Lipinski definition) is 2. The molecule has 0 heterocycles. The van der Waals surface area contributed by atoms with E-state index in [4.69, 9.17) is 10.2 Å². The summed E-state index contributed by atoms with van der Waals surface area (Å²) in [6.45, 7) is 0. The Bertz CT molecular complexity index is 260. The van der Waals surface area contributed by atoms with Crippen molar-refractivity contribution >= 4 is 35.5 Å². The van der Waals surface area contributed by atoms with Crippen molar-refractivity contribution in [3.8, 4) is 5.75 Å². The molecule has 2 N–H and O–H groups in total. The zero-order valence-electron chi connectivity index (χ0n) is 6.11. The molecular weight excluding hydrogens is 155 g/mol. The zero-order chi connectivity index (χ0) is 7.56. The van der Waals surface area contributed by atoms with E-state index in [1.165, 1.54) is 24.3 Å². The van der Waals surface area contributed by atoms with E-state index in [1.54, 1.807) is 0 Å².